The highest BCUT2D eigenvalue weighted by Gasteiger charge is 2.09. The van der Waals surface area contributed by atoms with Gasteiger partial charge in [-0.2, -0.15) is 0 Å². The third-order valence-corrected chi connectivity index (χ3v) is 2.59. The Balaban J connectivity index is 2.93. The number of carbonyl (C=O) groups excluding carboxylic acids is 1. The van der Waals surface area contributed by atoms with Crippen LogP contribution < -0.4 is 10.5 Å². The number of amides is 1. The van der Waals surface area contributed by atoms with Crippen LogP contribution in [0.1, 0.15) is 11.1 Å². The van der Waals surface area contributed by atoms with E-state index in [-0.39, 0.29) is 6.54 Å². The van der Waals surface area contributed by atoms with E-state index < -0.39 is 11.9 Å². The molecule has 0 saturated carbocycles. The Hall–Kier alpha value is -2.34. The van der Waals surface area contributed by atoms with Gasteiger partial charge < -0.3 is 15.6 Å². The maximum absolute atomic E-state index is 10.9. The van der Waals surface area contributed by atoms with Gasteiger partial charge in [0, 0.05) is 18.2 Å². The minimum atomic E-state index is -1.01. The number of ether oxygens (including phenoxy) is 1. The first kappa shape index (κ1) is 15.7. The number of benzene rings is 1. The van der Waals surface area contributed by atoms with Crippen molar-refractivity contribution < 1.29 is 19.4 Å². The molecule has 3 N–H and O–H groups in total. The average Bonchev–Trinajstić information content (AvgIpc) is 2.35. The fraction of sp³-hybridized carbons (Fsp3) is 0.286. The highest BCUT2D eigenvalue weighted by atomic mass is 16.5. The molecular formula is C14H18N2O4. The third kappa shape index (κ3) is 5.11. The van der Waals surface area contributed by atoms with Crippen LogP contribution in [-0.2, 0) is 16.1 Å². The molecule has 0 bridgehead atoms. The van der Waals surface area contributed by atoms with Crippen LogP contribution in [0.5, 0.6) is 5.75 Å². The summed E-state index contributed by atoms with van der Waals surface area (Å²) in [6, 6.07) is 5.33. The maximum Gasteiger partial charge on any atom is 0.328 e. The molecule has 1 amide bonds. The lowest BCUT2D eigenvalue weighted by Gasteiger charge is -2.17. The van der Waals surface area contributed by atoms with Crippen LogP contribution in [-0.4, -0.2) is 42.6 Å². The van der Waals surface area contributed by atoms with Gasteiger partial charge in [0.2, 0.25) is 5.91 Å². The van der Waals surface area contributed by atoms with Gasteiger partial charge in [0.15, 0.2) is 0 Å². The molecule has 0 atom stereocenters. The number of aliphatic carboxylic acids is 1. The smallest absolute Gasteiger partial charge is 0.328 e. The summed E-state index contributed by atoms with van der Waals surface area (Å²) >= 11 is 0. The topological polar surface area (TPSA) is 92.9 Å². The van der Waals surface area contributed by atoms with Crippen LogP contribution in [0.25, 0.3) is 6.08 Å². The molecule has 6 heteroatoms. The number of hydrogen-bond acceptors (Lipinski definition) is 4. The van der Waals surface area contributed by atoms with E-state index in [4.69, 9.17) is 15.6 Å². The van der Waals surface area contributed by atoms with E-state index in [1.165, 1.54) is 6.08 Å². The van der Waals surface area contributed by atoms with Crippen LogP contribution in [0, 0.1) is 0 Å². The molecule has 0 aliphatic rings. The van der Waals surface area contributed by atoms with Crippen molar-refractivity contribution in [2.75, 3.05) is 20.7 Å². The Kier molecular flexibility index (Phi) is 5.74. The molecule has 0 radical (unpaired) electrons. The largest absolute Gasteiger partial charge is 0.496 e. The molecular weight excluding hydrogens is 260 g/mol. The van der Waals surface area contributed by atoms with Crippen molar-refractivity contribution in [2.24, 2.45) is 5.73 Å². The normalized spacial score (nSPS) is 10.9. The van der Waals surface area contributed by atoms with Crippen molar-refractivity contribution in [3.05, 3.63) is 35.4 Å². The van der Waals surface area contributed by atoms with Crippen LogP contribution in [0.15, 0.2) is 24.3 Å². The Bertz CT molecular complexity index is 526. The van der Waals surface area contributed by atoms with Gasteiger partial charge in [0.1, 0.15) is 5.75 Å². The number of hydrogen-bond donors (Lipinski definition) is 2. The van der Waals surface area contributed by atoms with Crippen LogP contribution in [0.4, 0.5) is 0 Å². The Morgan fingerprint density at radius 2 is 2.15 bits per heavy atom. The van der Waals surface area contributed by atoms with Crippen LogP contribution >= 0.6 is 0 Å². The summed E-state index contributed by atoms with van der Waals surface area (Å²) < 4.78 is 5.25. The van der Waals surface area contributed by atoms with Gasteiger partial charge in [0.05, 0.1) is 13.7 Å². The first-order chi connectivity index (χ1) is 9.42. The molecule has 6 nitrogen and oxygen atoms in total. The lowest BCUT2D eigenvalue weighted by Crippen LogP contribution is -2.30. The zero-order valence-electron chi connectivity index (χ0n) is 11.5. The molecule has 0 aliphatic carbocycles. The lowest BCUT2D eigenvalue weighted by molar-refractivity contribution is -0.131. The van der Waals surface area contributed by atoms with Gasteiger partial charge in [-0.1, -0.05) is 6.07 Å². The van der Waals surface area contributed by atoms with Crippen LogP contribution in [0.2, 0.25) is 0 Å². The Morgan fingerprint density at radius 3 is 2.70 bits per heavy atom. The molecule has 1 aromatic rings. The van der Waals surface area contributed by atoms with Gasteiger partial charge in [-0.3, -0.25) is 9.69 Å². The van der Waals surface area contributed by atoms with Crippen molar-refractivity contribution in [1.29, 1.82) is 0 Å². The Labute approximate surface area is 117 Å². The number of carbonyl (C=O) groups is 2. The monoisotopic (exact) mass is 278 g/mol. The van der Waals surface area contributed by atoms with Crippen LogP contribution in [0.3, 0.4) is 0 Å². The fourth-order valence-electron chi connectivity index (χ4n) is 1.81. The van der Waals surface area contributed by atoms with Gasteiger partial charge in [0.25, 0.3) is 0 Å². The minimum Gasteiger partial charge on any atom is -0.496 e. The van der Waals surface area contributed by atoms with E-state index >= 15 is 0 Å². The number of nitrogens with zero attached hydrogens (tertiary/aromatic N) is 1. The summed E-state index contributed by atoms with van der Waals surface area (Å²) in [6.45, 7) is 0.610. The van der Waals surface area contributed by atoms with E-state index in [1.807, 2.05) is 6.07 Å². The fourth-order valence-corrected chi connectivity index (χ4v) is 1.81. The highest BCUT2D eigenvalue weighted by Crippen LogP contribution is 2.22. The van der Waals surface area contributed by atoms with Crippen molar-refractivity contribution in [1.82, 2.24) is 4.90 Å². The second-order valence-corrected chi connectivity index (χ2v) is 4.38. The molecule has 1 aromatic carbocycles. The van der Waals surface area contributed by atoms with E-state index in [0.29, 0.717) is 12.3 Å². The zero-order chi connectivity index (χ0) is 15.1. The first-order valence-electron chi connectivity index (χ1n) is 5.97. The molecule has 0 aliphatic heterocycles. The SMILES string of the molecule is COc1ccc(C=CC(=O)O)cc1CN(C)CC(N)=O. The number of carboxylic acids is 1. The number of carboxylic acid groups (broad SMARTS) is 1. The van der Waals surface area contributed by atoms with E-state index in [1.54, 1.807) is 31.2 Å². The maximum atomic E-state index is 10.9. The second kappa shape index (κ2) is 7.30. The Morgan fingerprint density at radius 1 is 1.45 bits per heavy atom. The van der Waals surface area contributed by atoms with Gasteiger partial charge >= 0.3 is 5.97 Å². The molecule has 1 rings (SSSR count). The zero-order valence-corrected chi connectivity index (χ0v) is 11.5. The highest BCUT2D eigenvalue weighted by molar-refractivity contribution is 5.85. The predicted octanol–water partition coefficient (Wildman–Crippen LogP) is 0.710. The van der Waals surface area contributed by atoms with Crippen molar-refractivity contribution in [3.8, 4) is 5.75 Å². The summed E-state index contributed by atoms with van der Waals surface area (Å²) in [6.07, 6.45) is 2.57. The number of methoxy groups -OCH3 is 1. The third-order valence-electron chi connectivity index (χ3n) is 2.59. The summed E-state index contributed by atoms with van der Waals surface area (Å²) in [7, 11) is 3.32. The second-order valence-electron chi connectivity index (χ2n) is 4.38. The van der Waals surface area contributed by atoms with E-state index in [2.05, 4.69) is 0 Å². The molecule has 0 saturated heterocycles. The molecule has 0 aromatic heterocycles. The molecule has 0 fully saturated rings. The molecule has 20 heavy (non-hydrogen) atoms. The van der Waals surface area contributed by atoms with Crippen molar-refractivity contribution in [3.63, 3.8) is 0 Å². The predicted molar refractivity (Wildman–Crippen MR) is 75.2 cm³/mol. The van der Waals surface area contributed by atoms with Crippen molar-refractivity contribution >= 4 is 18.0 Å². The molecule has 0 unspecified atom stereocenters. The summed E-state index contributed by atoms with van der Waals surface area (Å²) in [5.41, 5.74) is 6.74. The summed E-state index contributed by atoms with van der Waals surface area (Å²) in [5.74, 6) is -0.740. The molecule has 0 spiro atoms. The molecule has 0 heterocycles. The lowest BCUT2D eigenvalue weighted by atomic mass is 10.1. The number of likely N-dealkylation sites (N-methyl/N-ethyl adjacent to an activating group) is 1. The van der Waals surface area contributed by atoms with Gasteiger partial charge in [-0.25, -0.2) is 4.79 Å². The van der Waals surface area contributed by atoms with Gasteiger partial charge in [-0.15, -0.1) is 0 Å². The first-order valence-corrected chi connectivity index (χ1v) is 5.97. The molecule has 108 valence electrons. The summed E-state index contributed by atoms with van der Waals surface area (Å²) in [5, 5.41) is 8.62. The van der Waals surface area contributed by atoms with Gasteiger partial charge in [-0.05, 0) is 30.8 Å². The summed E-state index contributed by atoms with van der Waals surface area (Å²) in [4.78, 5) is 23.1. The minimum absolute atomic E-state index is 0.137. The standard InChI is InChI=1S/C14H18N2O4/c1-16(9-13(15)17)8-11-7-10(4-6-14(18)19)3-5-12(11)20-2/h3-7H,8-9H2,1-2H3,(H2,15,17)(H,18,19). The number of nitrogens with two attached hydrogens (primary N) is 1. The number of rotatable bonds is 7. The quantitative estimate of drug-likeness (QED) is 0.716. The number of primary amides is 1. The average molecular weight is 278 g/mol. The van der Waals surface area contributed by atoms with E-state index in [0.717, 1.165) is 17.2 Å². The van der Waals surface area contributed by atoms with Crippen molar-refractivity contribution in [2.45, 2.75) is 6.54 Å². The van der Waals surface area contributed by atoms with E-state index in [9.17, 15) is 9.59 Å².